The minimum absolute atomic E-state index is 0.0229. The molecule has 0 aliphatic carbocycles. The molecule has 1 fully saturated rings. The Morgan fingerprint density at radius 1 is 1.19 bits per heavy atom. The molecule has 0 radical (unpaired) electrons. The fourth-order valence-corrected chi connectivity index (χ4v) is 3.61. The maximum absolute atomic E-state index is 4.95. The Hall–Kier alpha value is -2.62. The Balaban J connectivity index is 1.50. The summed E-state index contributed by atoms with van der Waals surface area (Å²) in [5.41, 5.74) is 3.42. The average Bonchev–Trinajstić information content (AvgIpc) is 3.10. The number of allylic oxidation sites excluding steroid dienone is 1. The SMILES string of the molecule is CC#CCN1C2=CN(CCc3ccccc3)N=CC2=NC1N1CCNCC1. The normalized spacial score (nSPS) is 22.0. The van der Waals surface area contributed by atoms with Crippen LogP contribution in [0.25, 0.3) is 0 Å². The van der Waals surface area contributed by atoms with Crippen LogP contribution in [-0.4, -0.2) is 72.3 Å². The van der Waals surface area contributed by atoms with E-state index in [4.69, 9.17) is 4.99 Å². The lowest BCUT2D eigenvalue weighted by Gasteiger charge is -2.36. The zero-order valence-electron chi connectivity index (χ0n) is 15.8. The number of nitrogens with zero attached hydrogens (tertiary/aromatic N) is 5. The molecule has 0 saturated carbocycles. The van der Waals surface area contributed by atoms with E-state index in [1.165, 1.54) is 5.56 Å². The van der Waals surface area contributed by atoms with Crippen LogP contribution in [0.3, 0.4) is 0 Å². The third kappa shape index (κ3) is 4.05. The van der Waals surface area contributed by atoms with E-state index in [-0.39, 0.29) is 6.29 Å². The number of piperazine rings is 1. The number of hydrogen-bond donors (Lipinski definition) is 1. The van der Waals surface area contributed by atoms with Gasteiger partial charge in [-0.15, -0.1) is 5.92 Å². The van der Waals surface area contributed by atoms with Crippen LogP contribution in [-0.2, 0) is 6.42 Å². The third-order valence-electron chi connectivity index (χ3n) is 5.08. The molecule has 1 aromatic rings. The second-order valence-electron chi connectivity index (χ2n) is 6.86. The predicted octanol–water partition coefficient (Wildman–Crippen LogP) is 1.34. The molecule has 1 atom stereocenters. The first-order valence-electron chi connectivity index (χ1n) is 9.61. The van der Waals surface area contributed by atoms with Gasteiger partial charge in [-0.05, 0) is 18.9 Å². The fraction of sp³-hybridized carbons (Fsp3) is 0.429. The minimum atomic E-state index is 0.0229. The number of rotatable bonds is 5. The lowest BCUT2D eigenvalue weighted by atomic mass is 10.1. The summed E-state index contributed by atoms with van der Waals surface area (Å²) in [4.78, 5) is 9.67. The summed E-state index contributed by atoms with van der Waals surface area (Å²) in [6.07, 6.45) is 5.01. The number of nitrogens with one attached hydrogen (secondary N) is 1. The van der Waals surface area contributed by atoms with Crippen molar-refractivity contribution in [2.75, 3.05) is 39.3 Å². The number of fused-ring (bicyclic) bond motifs is 1. The van der Waals surface area contributed by atoms with Gasteiger partial charge in [0.15, 0.2) is 6.29 Å². The molecule has 1 aromatic carbocycles. The van der Waals surface area contributed by atoms with Crippen molar-refractivity contribution < 1.29 is 0 Å². The molecule has 1 saturated heterocycles. The number of benzene rings is 1. The predicted molar refractivity (Wildman–Crippen MR) is 109 cm³/mol. The van der Waals surface area contributed by atoms with Gasteiger partial charge in [-0.25, -0.2) is 4.99 Å². The molecule has 1 unspecified atom stereocenters. The zero-order valence-corrected chi connectivity index (χ0v) is 15.8. The first-order valence-corrected chi connectivity index (χ1v) is 9.61. The maximum Gasteiger partial charge on any atom is 0.180 e. The van der Waals surface area contributed by atoms with E-state index < -0.39 is 0 Å². The van der Waals surface area contributed by atoms with Gasteiger partial charge >= 0.3 is 0 Å². The van der Waals surface area contributed by atoms with Crippen LogP contribution in [0.2, 0.25) is 0 Å². The van der Waals surface area contributed by atoms with Crippen molar-refractivity contribution in [1.82, 2.24) is 20.1 Å². The topological polar surface area (TPSA) is 46.5 Å². The van der Waals surface area contributed by atoms with Crippen LogP contribution in [0.1, 0.15) is 12.5 Å². The number of hydrogen-bond acceptors (Lipinski definition) is 6. The molecule has 140 valence electrons. The van der Waals surface area contributed by atoms with Crippen molar-refractivity contribution in [3.63, 3.8) is 0 Å². The largest absolute Gasteiger partial charge is 0.323 e. The lowest BCUT2D eigenvalue weighted by molar-refractivity contribution is 0.0831. The van der Waals surface area contributed by atoms with E-state index in [2.05, 4.69) is 68.6 Å². The molecule has 3 aliphatic heterocycles. The van der Waals surface area contributed by atoms with Crippen molar-refractivity contribution >= 4 is 11.9 Å². The maximum atomic E-state index is 4.95. The van der Waals surface area contributed by atoms with Gasteiger partial charge in [-0.1, -0.05) is 36.3 Å². The summed E-state index contributed by atoms with van der Waals surface area (Å²) in [5.74, 6) is 6.24. The molecule has 0 aromatic heterocycles. The quantitative estimate of drug-likeness (QED) is 0.803. The zero-order chi connectivity index (χ0) is 18.5. The van der Waals surface area contributed by atoms with Crippen LogP contribution in [0, 0.1) is 11.8 Å². The molecule has 3 heterocycles. The standard InChI is InChI=1S/C21H26N6/c1-2-3-12-27-20-17-26(13-9-18-7-5-4-6-8-18)23-16-19(20)24-21(27)25-14-10-22-11-15-25/h4-8,16-17,21-22H,9-15H2,1H3. The van der Waals surface area contributed by atoms with Crippen molar-refractivity contribution in [3.8, 4) is 11.8 Å². The van der Waals surface area contributed by atoms with Gasteiger partial charge in [0.25, 0.3) is 0 Å². The van der Waals surface area contributed by atoms with E-state index in [0.717, 1.165) is 50.6 Å². The molecule has 4 rings (SSSR count). The van der Waals surface area contributed by atoms with Gasteiger partial charge in [-0.2, -0.15) is 5.10 Å². The van der Waals surface area contributed by atoms with Crippen LogP contribution >= 0.6 is 0 Å². The summed E-state index contributed by atoms with van der Waals surface area (Å²) in [7, 11) is 0. The molecular formula is C21H26N6. The molecule has 6 nitrogen and oxygen atoms in total. The number of hydrazone groups is 1. The smallest absolute Gasteiger partial charge is 0.180 e. The van der Waals surface area contributed by atoms with Gasteiger partial charge < -0.3 is 10.2 Å². The Morgan fingerprint density at radius 3 is 2.78 bits per heavy atom. The van der Waals surface area contributed by atoms with Gasteiger partial charge in [-0.3, -0.25) is 9.91 Å². The third-order valence-corrected chi connectivity index (χ3v) is 5.08. The Kier molecular flexibility index (Phi) is 5.52. The van der Waals surface area contributed by atoms with E-state index in [1.54, 1.807) is 0 Å². The van der Waals surface area contributed by atoms with Crippen LogP contribution < -0.4 is 5.32 Å². The number of aliphatic imine (C=N–C) groups is 1. The molecule has 3 aliphatic rings. The van der Waals surface area contributed by atoms with E-state index in [1.807, 2.05) is 18.1 Å². The molecule has 6 heteroatoms. The fourth-order valence-electron chi connectivity index (χ4n) is 3.61. The summed E-state index contributed by atoms with van der Waals surface area (Å²) in [6, 6.07) is 10.5. The van der Waals surface area contributed by atoms with E-state index in [9.17, 15) is 0 Å². The first-order chi connectivity index (χ1) is 13.3. The molecule has 1 N–H and O–H groups in total. The Labute approximate surface area is 161 Å². The molecule has 27 heavy (non-hydrogen) atoms. The highest BCUT2D eigenvalue weighted by Crippen LogP contribution is 2.26. The summed E-state index contributed by atoms with van der Waals surface area (Å²) in [5, 5.41) is 10.0. The van der Waals surface area contributed by atoms with Crippen LogP contribution in [0.5, 0.6) is 0 Å². The monoisotopic (exact) mass is 362 g/mol. The summed E-state index contributed by atoms with van der Waals surface area (Å²) >= 11 is 0. The lowest BCUT2D eigenvalue weighted by Crippen LogP contribution is -2.52. The van der Waals surface area contributed by atoms with E-state index in [0.29, 0.717) is 6.54 Å². The van der Waals surface area contributed by atoms with Gasteiger partial charge in [0.05, 0.1) is 18.5 Å². The highest BCUT2D eigenvalue weighted by molar-refractivity contribution is 6.39. The molecular weight excluding hydrogens is 336 g/mol. The van der Waals surface area contributed by atoms with Gasteiger partial charge in [0.1, 0.15) is 5.71 Å². The molecule has 0 amide bonds. The highest BCUT2D eigenvalue weighted by atomic mass is 15.5. The van der Waals surface area contributed by atoms with Crippen LogP contribution in [0.4, 0.5) is 0 Å². The first kappa shape index (κ1) is 17.8. The van der Waals surface area contributed by atoms with Crippen molar-refractivity contribution in [2.24, 2.45) is 10.1 Å². The van der Waals surface area contributed by atoms with Crippen LogP contribution in [0.15, 0.2) is 52.3 Å². The average molecular weight is 362 g/mol. The van der Waals surface area contributed by atoms with Crippen molar-refractivity contribution in [1.29, 1.82) is 0 Å². The molecule has 0 spiro atoms. The van der Waals surface area contributed by atoms with Gasteiger partial charge in [0.2, 0.25) is 0 Å². The minimum Gasteiger partial charge on any atom is -0.323 e. The second-order valence-corrected chi connectivity index (χ2v) is 6.86. The summed E-state index contributed by atoms with van der Waals surface area (Å²) < 4.78 is 0. The Bertz CT molecular complexity index is 795. The van der Waals surface area contributed by atoms with Gasteiger partial charge in [0, 0.05) is 38.9 Å². The molecule has 0 bridgehead atoms. The second kappa shape index (κ2) is 8.38. The Morgan fingerprint density at radius 2 is 2.00 bits per heavy atom. The summed E-state index contributed by atoms with van der Waals surface area (Å²) in [6.45, 7) is 7.43. The van der Waals surface area contributed by atoms with Crippen molar-refractivity contribution in [3.05, 3.63) is 47.8 Å². The highest BCUT2D eigenvalue weighted by Gasteiger charge is 2.35. The van der Waals surface area contributed by atoms with Crippen molar-refractivity contribution in [2.45, 2.75) is 19.6 Å². The van der Waals surface area contributed by atoms with E-state index >= 15 is 0 Å².